The zero-order valence-corrected chi connectivity index (χ0v) is 19.7. The smallest absolute Gasteiger partial charge is 0.0626 e. The van der Waals surface area contributed by atoms with Crippen LogP contribution >= 0.6 is 0 Å². The van der Waals surface area contributed by atoms with Crippen molar-refractivity contribution in [3.05, 3.63) is 30.1 Å². The molecule has 0 aliphatic heterocycles. The van der Waals surface area contributed by atoms with Crippen molar-refractivity contribution in [2.24, 2.45) is 0 Å². The van der Waals surface area contributed by atoms with Gasteiger partial charge in [0.05, 0.1) is 6.10 Å². The SMILES string of the molecule is CCCCCCCCCCCCCCCCCCCC(Cc1ccccn1)OC. The van der Waals surface area contributed by atoms with Gasteiger partial charge < -0.3 is 4.74 Å². The normalized spacial score (nSPS) is 12.3. The molecule has 0 spiro atoms. The third-order valence-electron chi connectivity index (χ3n) is 6.13. The molecule has 0 N–H and O–H groups in total. The maximum atomic E-state index is 5.64. The van der Waals surface area contributed by atoms with Gasteiger partial charge in [0, 0.05) is 25.4 Å². The first-order valence-electron chi connectivity index (χ1n) is 12.8. The van der Waals surface area contributed by atoms with E-state index in [0.717, 1.165) is 18.5 Å². The summed E-state index contributed by atoms with van der Waals surface area (Å²) in [5, 5.41) is 0. The highest BCUT2D eigenvalue weighted by Crippen LogP contribution is 2.15. The summed E-state index contributed by atoms with van der Waals surface area (Å²) in [6, 6.07) is 6.13. The van der Waals surface area contributed by atoms with Crippen LogP contribution in [-0.4, -0.2) is 18.2 Å². The van der Waals surface area contributed by atoms with E-state index >= 15 is 0 Å². The molecule has 0 bridgehead atoms. The van der Waals surface area contributed by atoms with Gasteiger partial charge in [0.15, 0.2) is 0 Å². The average molecular weight is 404 g/mol. The van der Waals surface area contributed by atoms with E-state index in [0.29, 0.717) is 6.10 Å². The molecule has 168 valence electrons. The van der Waals surface area contributed by atoms with Gasteiger partial charge in [-0.1, -0.05) is 122 Å². The molecule has 0 aliphatic carbocycles. The average Bonchev–Trinajstić information content (AvgIpc) is 2.75. The number of rotatable bonds is 21. The van der Waals surface area contributed by atoms with Crippen LogP contribution in [0.1, 0.15) is 128 Å². The highest BCUT2D eigenvalue weighted by molar-refractivity contribution is 5.04. The Bertz CT molecular complexity index is 433. The van der Waals surface area contributed by atoms with Crippen molar-refractivity contribution in [3.63, 3.8) is 0 Å². The lowest BCUT2D eigenvalue weighted by Gasteiger charge is -2.14. The Morgan fingerprint density at radius 3 is 1.59 bits per heavy atom. The van der Waals surface area contributed by atoms with E-state index in [1.807, 2.05) is 19.4 Å². The molecule has 0 amide bonds. The summed E-state index contributed by atoms with van der Waals surface area (Å²) in [4.78, 5) is 4.41. The molecule has 1 aromatic rings. The Morgan fingerprint density at radius 2 is 1.17 bits per heavy atom. The lowest BCUT2D eigenvalue weighted by molar-refractivity contribution is 0.0922. The van der Waals surface area contributed by atoms with Crippen LogP contribution in [0.4, 0.5) is 0 Å². The number of aromatic nitrogens is 1. The maximum absolute atomic E-state index is 5.64. The van der Waals surface area contributed by atoms with Gasteiger partial charge in [-0.2, -0.15) is 0 Å². The zero-order valence-electron chi connectivity index (χ0n) is 19.7. The van der Waals surface area contributed by atoms with Crippen LogP contribution in [0.25, 0.3) is 0 Å². The van der Waals surface area contributed by atoms with Crippen molar-refractivity contribution >= 4 is 0 Å². The van der Waals surface area contributed by atoms with Gasteiger partial charge in [-0.25, -0.2) is 0 Å². The first-order chi connectivity index (χ1) is 14.4. The van der Waals surface area contributed by atoms with Crippen LogP contribution in [0.3, 0.4) is 0 Å². The van der Waals surface area contributed by atoms with Crippen molar-refractivity contribution in [1.82, 2.24) is 4.98 Å². The Balaban J connectivity index is 1.79. The summed E-state index contributed by atoms with van der Waals surface area (Å²) < 4.78 is 5.64. The van der Waals surface area contributed by atoms with Gasteiger partial charge >= 0.3 is 0 Å². The van der Waals surface area contributed by atoms with Gasteiger partial charge in [-0.3, -0.25) is 4.98 Å². The van der Waals surface area contributed by atoms with E-state index < -0.39 is 0 Å². The minimum atomic E-state index is 0.321. The standard InChI is InChI=1S/C27H49NO/c1-3-4-5-6-7-8-9-10-11-12-13-14-15-16-17-18-19-23-27(29-2)25-26-22-20-21-24-28-26/h20-22,24,27H,3-19,23,25H2,1-2H3. The largest absolute Gasteiger partial charge is 0.381 e. The second kappa shape index (κ2) is 20.4. The van der Waals surface area contributed by atoms with E-state index in [4.69, 9.17) is 4.74 Å². The number of nitrogens with zero attached hydrogens (tertiary/aromatic N) is 1. The molecule has 2 nitrogen and oxygen atoms in total. The lowest BCUT2D eigenvalue weighted by Crippen LogP contribution is -2.14. The van der Waals surface area contributed by atoms with Crippen LogP contribution in [0.15, 0.2) is 24.4 Å². The van der Waals surface area contributed by atoms with Gasteiger partial charge in [-0.15, -0.1) is 0 Å². The zero-order chi connectivity index (χ0) is 20.8. The first-order valence-corrected chi connectivity index (χ1v) is 12.8. The number of pyridine rings is 1. The third-order valence-corrected chi connectivity index (χ3v) is 6.13. The number of hydrogen-bond donors (Lipinski definition) is 0. The fraction of sp³-hybridized carbons (Fsp3) is 0.815. The lowest BCUT2D eigenvalue weighted by atomic mass is 10.0. The van der Waals surface area contributed by atoms with Crippen molar-refractivity contribution in [3.8, 4) is 0 Å². The topological polar surface area (TPSA) is 22.1 Å². The van der Waals surface area contributed by atoms with Gasteiger partial charge in [0.1, 0.15) is 0 Å². The number of unbranched alkanes of at least 4 members (excludes halogenated alkanes) is 16. The molecule has 0 saturated carbocycles. The van der Waals surface area contributed by atoms with Gasteiger partial charge in [0.25, 0.3) is 0 Å². The van der Waals surface area contributed by atoms with E-state index in [1.54, 1.807) is 0 Å². The molecule has 0 saturated heterocycles. The van der Waals surface area contributed by atoms with Crippen LogP contribution in [0.5, 0.6) is 0 Å². The predicted octanol–water partition coefficient (Wildman–Crippen LogP) is 8.68. The van der Waals surface area contributed by atoms with E-state index in [2.05, 4.69) is 24.0 Å². The Kier molecular flexibility index (Phi) is 18.4. The van der Waals surface area contributed by atoms with Crippen molar-refractivity contribution in [2.45, 2.75) is 135 Å². The van der Waals surface area contributed by atoms with Crippen LogP contribution in [0, 0.1) is 0 Å². The second-order valence-corrected chi connectivity index (χ2v) is 8.83. The monoisotopic (exact) mass is 403 g/mol. The van der Waals surface area contributed by atoms with Crippen LogP contribution < -0.4 is 0 Å². The minimum absolute atomic E-state index is 0.321. The molecule has 1 heterocycles. The molecule has 0 fully saturated rings. The Morgan fingerprint density at radius 1 is 0.690 bits per heavy atom. The fourth-order valence-electron chi connectivity index (χ4n) is 4.15. The van der Waals surface area contributed by atoms with Crippen LogP contribution in [0.2, 0.25) is 0 Å². The first kappa shape index (κ1) is 26.1. The fourth-order valence-corrected chi connectivity index (χ4v) is 4.15. The Labute approximate surface area is 182 Å². The summed E-state index contributed by atoms with van der Waals surface area (Å²) in [5.74, 6) is 0. The van der Waals surface area contributed by atoms with E-state index in [1.165, 1.54) is 109 Å². The second-order valence-electron chi connectivity index (χ2n) is 8.83. The van der Waals surface area contributed by atoms with Crippen molar-refractivity contribution in [1.29, 1.82) is 0 Å². The quantitative estimate of drug-likeness (QED) is 0.191. The predicted molar refractivity (Wildman–Crippen MR) is 128 cm³/mol. The highest BCUT2D eigenvalue weighted by atomic mass is 16.5. The summed E-state index contributed by atoms with van der Waals surface area (Å²) in [6.45, 7) is 2.30. The minimum Gasteiger partial charge on any atom is -0.381 e. The molecular formula is C27H49NO. The molecule has 0 aliphatic rings. The van der Waals surface area contributed by atoms with Crippen molar-refractivity contribution in [2.75, 3.05) is 7.11 Å². The van der Waals surface area contributed by atoms with E-state index in [9.17, 15) is 0 Å². The molecule has 2 heteroatoms. The molecule has 1 unspecified atom stereocenters. The molecular weight excluding hydrogens is 354 g/mol. The summed E-state index contributed by atoms with van der Waals surface area (Å²) in [5.41, 5.74) is 1.14. The van der Waals surface area contributed by atoms with Crippen LogP contribution in [-0.2, 0) is 11.2 Å². The molecule has 0 aromatic carbocycles. The van der Waals surface area contributed by atoms with Crippen molar-refractivity contribution < 1.29 is 4.74 Å². The summed E-state index contributed by atoms with van der Waals surface area (Å²) in [7, 11) is 1.83. The van der Waals surface area contributed by atoms with E-state index in [-0.39, 0.29) is 0 Å². The molecule has 1 aromatic heterocycles. The Hall–Kier alpha value is -0.890. The maximum Gasteiger partial charge on any atom is 0.0626 e. The summed E-state index contributed by atoms with van der Waals surface area (Å²) >= 11 is 0. The van der Waals surface area contributed by atoms with Gasteiger partial charge in [0.2, 0.25) is 0 Å². The highest BCUT2D eigenvalue weighted by Gasteiger charge is 2.08. The third kappa shape index (κ3) is 16.6. The summed E-state index contributed by atoms with van der Waals surface area (Å²) in [6.07, 6.45) is 28.5. The molecule has 0 radical (unpaired) electrons. The molecule has 1 rings (SSSR count). The number of hydrogen-bond acceptors (Lipinski definition) is 2. The number of methoxy groups -OCH3 is 1. The molecule has 29 heavy (non-hydrogen) atoms. The van der Waals surface area contributed by atoms with Gasteiger partial charge in [-0.05, 0) is 18.6 Å². The molecule has 1 atom stereocenters. The number of ether oxygens (including phenoxy) is 1.